The molecule has 1 aromatic heterocycles. The molecule has 0 aliphatic heterocycles. The normalized spacial score (nSPS) is 11.0. The number of benzene rings is 2. The fraction of sp³-hybridized carbons (Fsp3) is 0.263. The number of methoxy groups -OCH3 is 1. The van der Waals surface area contributed by atoms with E-state index in [1.807, 2.05) is 61.1 Å². The topological polar surface area (TPSA) is 56.1 Å². The van der Waals surface area contributed by atoms with E-state index in [0.717, 1.165) is 27.7 Å². The van der Waals surface area contributed by atoms with Crippen LogP contribution in [0.25, 0.3) is 10.9 Å². The summed E-state index contributed by atoms with van der Waals surface area (Å²) in [4.78, 5) is 12.5. The molecule has 124 valence electrons. The summed E-state index contributed by atoms with van der Waals surface area (Å²) in [6, 6.07) is 11.6. The molecule has 3 rings (SSSR count). The average Bonchev–Trinajstić information content (AvgIpc) is 2.95. The van der Waals surface area contributed by atoms with E-state index in [1.54, 1.807) is 7.11 Å². The highest BCUT2D eigenvalue weighted by Gasteiger charge is 2.10. The molecule has 2 aromatic carbocycles. The summed E-state index contributed by atoms with van der Waals surface area (Å²) in [5.74, 6) is -0.102. The molecule has 1 amide bonds. The second-order valence-corrected chi connectivity index (χ2v) is 5.91. The monoisotopic (exact) mass is 323 g/mol. The molecule has 0 radical (unpaired) electrons. The molecule has 5 nitrogen and oxygen atoms in total. The Morgan fingerprint density at radius 3 is 2.79 bits per heavy atom. The zero-order chi connectivity index (χ0) is 17.1. The van der Waals surface area contributed by atoms with Crippen LogP contribution in [-0.4, -0.2) is 29.4 Å². The van der Waals surface area contributed by atoms with E-state index in [-0.39, 0.29) is 5.91 Å². The van der Waals surface area contributed by atoms with Gasteiger partial charge in [0.1, 0.15) is 0 Å². The number of aromatic nitrogens is 2. The summed E-state index contributed by atoms with van der Waals surface area (Å²) in [6.45, 7) is 5.24. The van der Waals surface area contributed by atoms with Crippen molar-refractivity contribution in [2.45, 2.75) is 20.4 Å². The third-order valence-corrected chi connectivity index (χ3v) is 4.04. The number of anilines is 1. The Hall–Kier alpha value is -2.66. The highest BCUT2D eigenvalue weighted by atomic mass is 16.5. The van der Waals surface area contributed by atoms with Gasteiger partial charge in [0, 0.05) is 23.7 Å². The minimum Gasteiger partial charge on any atom is -0.383 e. The van der Waals surface area contributed by atoms with Gasteiger partial charge in [-0.15, -0.1) is 0 Å². The maximum absolute atomic E-state index is 12.5. The van der Waals surface area contributed by atoms with Crippen LogP contribution in [0.2, 0.25) is 0 Å². The predicted octanol–water partition coefficient (Wildman–Crippen LogP) is 3.55. The molecule has 24 heavy (non-hydrogen) atoms. The molecular formula is C19H21N3O2. The second-order valence-electron chi connectivity index (χ2n) is 5.91. The quantitative estimate of drug-likeness (QED) is 0.781. The third kappa shape index (κ3) is 3.31. The predicted molar refractivity (Wildman–Crippen MR) is 95.5 cm³/mol. The van der Waals surface area contributed by atoms with Crippen LogP contribution < -0.4 is 5.32 Å². The minimum atomic E-state index is -0.102. The first kappa shape index (κ1) is 16.2. The molecule has 3 aromatic rings. The lowest BCUT2D eigenvalue weighted by atomic mass is 10.1. The van der Waals surface area contributed by atoms with E-state index >= 15 is 0 Å². The van der Waals surface area contributed by atoms with E-state index in [4.69, 9.17) is 4.74 Å². The third-order valence-electron chi connectivity index (χ3n) is 4.04. The summed E-state index contributed by atoms with van der Waals surface area (Å²) >= 11 is 0. The van der Waals surface area contributed by atoms with Crippen LogP contribution in [0.4, 0.5) is 5.69 Å². The largest absolute Gasteiger partial charge is 0.383 e. The van der Waals surface area contributed by atoms with Crippen LogP contribution >= 0.6 is 0 Å². The molecule has 0 spiro atoms. The van der Waals surface area contributed by atoms with E-state index in [1.165, 1.54) is 0 Å². The van der Waals surface area contributed by atoms with Crippen molar-refractivity contribution in [1.82, 2.24) is 9.78 Å². The maximum atomic E-state index is 12.5. The molecule has 5 heteroatoms. The molecule has 0 aliphatic rings. The maximum Gasteiger partial charge on any atom is 0.255 e. The highest BCUT2D eigenvalue weighted by Crippen LogP contribution is 2.20. The average molecular weight is 323 g/mol. The number of rotatable bonds is 5. The number of nitrogens with zero attached hydrogens (tertiary/aromatic N) is 2. The van der Waals surface area contributed by atoms with Crippen molar-refractivity contribution in [3.63, 3.8) is 0 Å². The minimum absolute atomic E-state index is 0.102. The molecule has 0 saturated heterocycles. The first-order valence-corrected chi connectivity index (χ1v) is 7.91. The molecule has 1 heterocycles. The fourth-order valence-corrected chi connectivity index (χ4v) is 2.77. The summed E-state index contributed by atoms with van der Waals surface area (Å²) in [7, 11) is 1.67. The lowest BCUT2D eigenvalue weighted by Gasteiger charge is -2.09. The summed E-state index contributed by atoms with van der Waals surface area (Å²) in [6.07, 6.45) is 1.82. The summed E-state index contributed by atoms with van der Waals surface area (Å²) < 4.78 is 6.99. The van der Waals surface area contributed by atoms with Crippen LogP contribution in [0.5, 0.6) is 0 Å². The van der Waals surface area contributed by atoms with Gasteiger partial charge in [-0.05, 0) is 43.7 Å². The van der Waals surface area contributed by atoms with Crippen LogP contribution in [0.15, 0.2) is 42.6 Å². The van der Waals surface area contributed by atoms with Gasteiger partial charge in [-0.1, -0.05) is 17.7 Å². The molecular weight excluding hydrogens is 302 g/mol. The Morgan fingerprint density at radius 1 is 1.21 bits per heavy atom. The van der Waals surface area contributed by atoms with Gasteiger partial charge in [0.25, 0.3) is 5.91 Å². The SMILES string of the molecule is COCCn1ncc2ccc(NC(=O)c3ccc(C)cc3C)cc21. The standard InChI is InChI=1S/C19H21N3O2/c1-13-4-7-17(14(2)10-13)19(23)21-16-6-5-15-12-20-22(8-9-24-3)18(15)11-16/h4-7,10-12H,8-9H2,1-3H3,(H,21,23). The lowest BCUT2D eigenvalue weighted by Crippen LogP contribution is -2.13. The Kier molecular flexibility index (Phi) is 4.62. The number of amides is 1. The molecule has 0 fully saturated rings. The van der Waals surface area contributed by atoms with Crippen LogP contribution in [0.1, 0.15) is 21.5 Å². The van der Waals surface area contributed by atoms with Gasteiger partial charge in [0.05, 0.1) is 24.9 Å². The van der Waals surface area contributed by atoms with Gasteiger partial charge in [0.15, 0.2) is 0 Å². The van der Waals surface area contributed by atoms with Gasteiger partial charge in [-0.2, -0.15) is 5.10 Å². The molecule has 0 aliphatic carbocycles. The van der Waals surface area contributed by atoms with Gasteiger partial charge in [-0.3, -0.25) is 9.48 Å². The van der Waals surface area contributed by atoms with Gasteiger partial charge < -0.3 is 10.1 Å². The van der Waals surface area contributed by atoms with Gasteiger partial charge in [-0.25, -0.2) is 0 Å². The van der Waals surface area contributed by atoms with E-state index in [0.29, 0.717) is 18.7 Å². The first-order chi connectivity index (χ1) is 11.6. The number of ether oxygens (including phenoxy) is 1. The lowest BCUT2D eigenvalue weighted by molar-refractivity contribution is 0.102. The number of hydrogen-bond donors (Lipinski definition) is 1. The molecule has 0 unspecified atom stereocenters. The molecule has 0 bridgehead atoms. The van der Waals surface area contributed by atoms with Crippen LogP contribution in [-0.2, 0) is 11.3 Å². The van der Waals surface area contributed by atoms with E-state index in [2.05, 4.69) is 10.4 Å². The Labute approximate surface area is 141 Å². The van der Waals surface area contributed by atoms with Crippen molar-refractivity contribution < 1.29 is 9.53 Å². The zero-order valence-electron chi connectivity index (χ0n) is 14.2. The fourth-order valence-electron chi connectivity index (χ4n) is 2.77. The summed E-state index contributed by atoms with van der Waals surface area (Å²) in [5, 5.41) is 8.37. The number of nitrogens with one attached hydrogen (secondary N) is 1. The van der Waals surface area contributed by atoms with E-state index in [9.17, 15) is 4.79 Å². The first-order valence-electron chi connectivity index (χ1n) is 7.91. The number of aryl methyl sites for hydroxylation is 2. The molecule has 0 saturated carbocycles. The van der Waals surface area contributed by atoms with Crippen molar-refractivity contribution >= 4 is 22.5 Å². The summed E-state index contributed by atoms with van der Waals surface area (Å²) in [5.41, 5.74) is 4.54. The van der Waals surface area contributed by atoms with Crippen LogP contribution in [0, 0.1) is 13.8 Å². The van der Waals surface area contributed by atoms with Crippen molar-refractivity contribution in [3.8, 4) is 0 Å². The number of hydrogen-bond acceptors (Lipinski definition) is 3. The second kappa shape index (κ2) is 6.84. The van der Waals surface area contributed by atoms with Crippen molar-refractivity contribution in [3.05, 3.63) is 59.3 Å². The Morgan fingerprint density at radius 2 is 2.04 bits per heavy atom. The molecule has 0 atom stereocenters. The number of carbonyl (C=O) groups excluding carboxylic acids is 1. The van der Waals surface area contributed by atoms with Crippen molar-refractivity contribution in [2.24, 2.45) is 0 Å². The number of carbonyl (C=O) groups is 1. The van der Waals surface area contributed by atoms with Crippen molar-refractivity contribution in [2.75, 3.05) is 19.0 Å². The van der Waals surface area contributed by atoms with Gasteiger partial charge in [0.2, 0.25) is 0 Å². The van der Waals surface area contributed by atoms with E-state index < -0.39 is 0 Å². The zero-order valence-corrected chi connectivity index (χ0v) is 14.2. The molecule has 1 N–H and O–H groups in total. The highest BCUT2D eigenvalue weighted by molar-refractivity contribution is 6.06. The smallest absolute Gasteiger partial charge is 0.255 e. The van der Waals surface area contributed by atoms with Gasteiger partial charge >= 0.3 is 0 Å². The number of fused-ring (bicyclic) bond motifs is 1. The Bertz CT molecular complexity index is 883. The Balaban J connectivity index is 1.85. The van der Waals surface area contributed by atoms with Crippen molar-refractivity contribution in [1.29, 1.82) is 0 Å². The van der Waals surface area contributed by atoms with Crippen LogP contribution in [0.3, 0.4) is 0 Å².